The molecular formula is C10H7F3N2O2. The molecule has 1 amide bonds. The number of amides is 1. The summed E-state index contributed by atoms with van der Waals surface area (Å²) in [5, 5.41) is 8.72. The van der Waals surface area contributed by atoms with Crippen LogP contribution in [0.1, 0.15) is 21.5 Å². The Kier molecular flexibility index (Phi) is 3.27. The van der Waals surface area contributed by atoms with Crippen molar-refractivity contribution in [1.82, 2.24) is 0 Å². The molecule has 2 N–H and O–H groups in total. The molecule has 1 aromatic rings. The van der Waals surface area contributed by atoms with Gasteiger partial charge in [-0.3, -0.25) is 4.79 Å². The molecule has 0 aromatic heterocycles. The van der Waals surface area contributed by atoms with E-state index in [-0.39, 0.29) is 0 Å². The number of primary amides is 1. The molecule has 1 aromatic carbocycles. The number of nitrogens with two attached hydrogens (primary N) is 1. The first-order valence-electron chi connectivity index (χ1n) is 4.31. The average molecular weight is 244 g/mol. The number of hydrogen-bond acceptors (Lipinski definition) is 3. The van der Waals surface area contributed by atoms with E-state index < -0.39 is 34.5 Å². The molecule has 90 valence electrons. The fourth-order valence-electron chi connectivity index (χ4n) is 1.36. The summed E-state index contributed by atoms with van der Waals surface area (Å²) in [4.78, 5) is 10.9. The van der Waals surface area contributed by atoms with Gasteiger partial charge in [-0.15, -0.1) is 0 Å². The Hall–Kier alpha value is -2.23. The lowest BCUT2D eigenvalue weighted by atomic mass is 10.00. The average Bonchev–Trinajstić information content (AvgIpc) is 2.25. The summed E-state index contributed by atoms with van der Waals surface area (Å²) >= 11 is 0. The molecule has 0 spiro atoms. The molecule has 0 saturated heterocycles. The summed E-state index contributed by atoms with van der Waals surface area (Å²) in [6.07, 6.45) is -4.80. The second kappa shape index (κ2) is 4.33. The molecule has 0 bridgehead atoms. The zero-order valence-electron chi connectivity index (χ0n) is 8.63. The van der Waals surface area contributed by atoms with Gasteiger partial charge in [0.15, 0.2) is 0 Å². The van der Waals surface area contributed by atoms with Gasteiger partial charge in [-0.05, 0) is 12.1 Å². The standard InChI is InChI=1S/C10H7F3N2O2/c1-17-7-3-2-5(9(15)16)6(4-14)8(7)10(11,12)13/h2-3H,1H3,(H2,15,16). The van der Waals surface area contributed by atoms with Crippen LogP contribution in [0.15, 0.2) is 12.1 Å². The van der Waals surface area contributed by atoms with Crippen LogP contribution in [0.25, 0.3) is 0 Å². The van der Waals surface area contributed by atoms with E-state index in [4.69, 9.17) is 11.0 Å². The first-order valence-corrected chi connectivity index (χ1v) is 4.31. The SMILES string of the molecule is COc1ccc(C(N)=O)c(C#N)c1C(F)(F)F. The van der Waals surface area contributed by atoms with Crippen LogP contribution in [0.2, 0.25) is 0 Å². The molecule has 17 heavy (non-hydrogen) atoms. The number of methoxy groups -OCH3 is 1. The van der Waals surface area contributed by atoms with Crippen molar-refractivity contribution in [3.8, 4) is 11.8 Å². The maximum atomic E-state index is 12.7. The Morgan fingerprint density at radius 1 is 1.47 bits per heavy atom. The lowest BCUT2D eigenvalue weighted by molar-refractivity contribution is -0.139. The molecule has 0 fully saturated rings. The van der Waals surface area contributed by atoms with Crippen LogP contribution < -0.4 is 10.5 Å². The number of ether oxygens (including phenoxy) is 1. The Labute approximate surface area is 94.4 Å². The minimum atomic E-state index is -4.80. The molecular weight excluding hydrogens is 237 g/mol. The van der Waals surface area contributed by atoms with Crippen molar-refractivity contribution in [2.24, 2.45) is 5.73 Å². The van der Waals surface area contributed by atoms with Crippen LogP contribution in [-0.2, 0) is 6.18 Å². The number of rotatable bonds is 2. The van der Waals surface area contributed by atoms with E-state index in [0.29, 0.717) is 0 Å². The molecule has 0 saturated carbocycles. The molecule has 0 atom stereocenters. The van der Waals surface area contributed by atoms with Gasteiger partial charge in [0, 0.05) is 0 Å². The zero-order valence-corrected chi connectivity index (χ0v) is 8.63. The largest absolute Gasteiger partial charge is 0.496 e. The quantitative estimate of drug-likeness (QED) is 0.859. The van der Waals surface area contributed by atoms with Gasteiger partial charge in [0.1, 0.15) is 17.4 Å². The summed E-state index contributed by atoms with van der Waals surface area (Å²) in [6, 6.07) is 3.30. The normalized spacial score (nSPS) is 10.8. The number of hydrogen-bond donors (Lipinski definition) is 1. The molecule has 1 rings (SSSR count). The zero-order chi connectivity index (χ0) is 13.2. The van der Waals surface area contributed by atoms with Crippen molar-refractivity contribution < 1.29 is 22.7 Å². The molecule has 4 nitrogen and oxygen atoms in total. The van der Waals surface area contributed by atoms with Crippen LogP contribution in [0.5, 0.6) is 5.75 Å². The number of nitriles is 1. The number of nitrogens with zero attached hydrogens (tertiary/aromatic N) is 1. The molecule has 0 aliphatic heterocycles. The Bertz CT molecular complexity index is 503. The van der Waals surface area contributed by atoms with E-state index >= 15 is 0 Å². The smallest absolute Gasteiger partial charge is 0.421 e. The fourth-order valence-corrected chi connectivity index (χ4v) is 1.36. The van der Waals surface area contributed by atoms with Gasteiger partial charge in [0.2, 0.25) is 5.91 Å². The summed E-state index contributed by atoms with van der Waals surface area (Å²) < 4.78 is 42.8. The molecule has 7 heteroatoms. The molecule has 0 radical (unpaired) electrons. The van der Waals surface area contributed by atoms with Crippen molar-refractivity contribution >= 4 is 5.91 Å². The molecule has 0 heterocycles. The van der Waals surface area contributed by atoms with Gasteiger partial charge in [-0.2, -0.15) is 18.4 Å². The second-order valence-corrected chi connectivity index (χ2v) is 3.04. The topological polar surface area (TPSA) is 76.1 Å². The van der Waals surface area contributed by atoms with E-state index in [9.17, 15) is 18.0 Å². The Balaban J connectivity index is 3.69. The maximum absolute atomic E-state index is 12.7. The van der Waals surface area contributed by atoms with Gasteiger partial charge in [-0.25, -0.2) is 0 Å². The van der Waals surface area contributed by atoms with Crippen molar-refractivity contribution in [3.63, 3.8) is 0 Å². The van der Waals surface area contributed by atoms with E-state index in [1.807, 2.05) is 0 Å². The first-order chi connectivity index (χ1) is 7.82. The van der Waals surface area contributed by atoms with E-state index in [1.54, 1.807) is 0 Å². The van der Waals surface area contributed by atoms with Crippen LogP contribution in [0, 0.1) is 11.3 Å². The van der Waals surface area contributed by atoms with Crippen molar-refractivity contribution in [2.75, 3.05) is 7.11 Å². The highest BCUT2D eigenvalue weighted by molar-refractivity contribution is 5.96. The van der Waals surface area contributed by atoms with Crippen molar-refractivity contribution in [3.05, 3.63) is 28.8 Å². The minimum absolute atomic E-state index is 0.486. The first kappa shape index (κ1) is 12.8. The van der Waals surface area contributed by atoms with Gasteiger partial charge >= 0.3 is 6.18 Å². The lowest BCUT2D eigenvalue weighted by Gasteiger charge is -2.14. The number of carbonyl (C=O) groups is 1. The molecule has 0 aliphatic carbocycles. The number of alkyl halides is 3. The summed E-state index contributed by atoms with van der Waals surface area (Å²) in [5.41, 5.74) is 2.29. The minimum Gasteiger partial charge on any atom is -0.496 e. The number of halogens is 3. The summed E-state index contributed by atoms with van der Waals surface area (Å²) in [6.45, 7) is 0. The highest BCUT2D eigenvalue weighted by atomic mass is 19.4. The van der Waals surface area contributed by atoms with Crippen LogP contribution in [0.3, 0.4) is 0 Å². The summed E-state index contributed by atoms with van der Waals surface area (Å²) in [7, 11) is 1.04. The molecule has 0 aliphatic rings. The van der Waals surface area contributed by atoms with E-state index in [1.165, 1.54) is 6.07 Å². The molecule has 0 unspecified atom stereocenters. The van der Waals surface area contributed by atoms with Crippen molar-refractivity contribution in [1.29, 1.82) is 5.26 Å². The van der Waals surface area contributed by atoms with Crippen LogP contribution in [0.4, 0.5) is 13.2 Å². The van der Waals surface area contributed by atoms with Crippen LogP contribution in [-0.4, -0.2) is 13.0 Å². The highest BCUT2D eigenvalue weighted by Gasteiger charge is 2.39. The van der Waals surface area contributed by atoms with Crippen molar-refractivity contribution in [2.45, 2.75) is 6.18 Å². The Morgan fingerprint density at radius 3 is 2.41 bits per heavy atom. The Morgan fingerprint density at radius 2 is 2.06 bits per heavy atom. The highest BCUT2D eigenvalue weighted by Crippen LogP contribution is 2.39. The fraction of sp³-hybridized carbons (Fsp3) is 0.200. The third-order valence-electron chi connectivity index (χ3n) is 2.05. The van der Waals surface area contributed by atoms with Gasteiger partial charge in [0.05, 0.1) is 18.2 Å². The number of carbonyl (C=O) groups excluding carboxylic acids is 1. The maximum Gasteiger partial charge on any atom is 0.421 e. The van der Waals surface area contributed by atoms with E-state index in [0.717, 1.165) is 19.2 Å². The predicted octanol–water partition coefficient (Wildman–Crippen LogP) is 1.68. The monoisotopic (exact) mass is 244 g/mol. The summed E-state index contributed by atoms with van der Waals surface area (Å²) in [5.74, 6) is -1.63. The van der Waals surface area contributed by atoms with Gasteiger partial charge in [0.25, 0.3) is 0 Å². The van der Waals surface area contributed by atoms with Crippen LogP contribution >= 0.6 is 0 Å². The van der Waals surface area contributed by atoms with E-state index in [2.05, 4.69) is 4.74 Å². The third-order valence-corrected chi connectivity index (χ3v) is 2.05. The van der Waals surface area contributed by atoms with Gasteiger partial charge in [-0.1, -0.05) is 0 Å². The predicted molar refractivity (Wildman–Crippen MR) is 51.2 cm³/mol. The third kappa shape index (κ3) is 2.30. The lowest BCUT2D eigenvalue weighted by Crippen LogP contribution is -2.18. The van der Waals surface area contributed by atoms with Gasteiger partial charge < -0.3 is 10.5 Å². The second-order valence-electron chi connectivity index (χ2n) is 3.04. The number of benzene rings is 1.